The molecular formula is C15H13FN2OS. The fourth-order valence-corrected chi connectivity index (χ4v) is 3.41. The van der Waals surface area contributed by atoms with Gasteiger partial charge in [0.05, 0.1) is 5.75 Å². The summed E-state index contributed by atoms with van der Waals surface area (Å²) in [6, 6.07) is 13.5. The van der Waals surface area contributed by atoms with Gasteiger partial charge < -0.3 is 5.73 Å². The average Bonchev–Trinajstić information content (AvgIpc) is 2.81. The molecule has 2 aromatic carbocycles. The van der Waals surface area contributed by atoms with Crippen LogP contribution in [0.25, 0.3) is 0 Å². The van der Waals surface area contributed by atoms with Crippen molar-refractivity contribution in [3.63, 3.8) is 0 Å². The number of thioether (sulfide) groups is 1. The number of nitrogen functional groups attached to an aromatic ring is 1. The third kappa shape index (κ3) is 2.36. The Kier molecular flexibility index (Phi) is 3.36. The first-order chi connectivity index (χ1) is 9.65. The summed E-state index contributed by atoms with van der Waals surface area (Å²) in [6.07, 6.45) is 0. The Labute approximate surface area is 120 Å². The molecule has 1 aliphatic rings. The lowest BCUT2D eigenvalue weighted by Gasteiger charge is -2.24. The second kappa shape index (κ2) is 5.17. The minimum absolute atomic E-state index is 0.0116. The number of carbonyl (C=O) groups excluding carboxylic acids is 1. The topological polar surface area (TPSA) is 46.3 Å². The van der Waals surface area contributed by atoms with Crippen LogP contribution in [0.3, 0.4) is 0 Å². The maximum atomic E-state index is 13.4. The van der Waals surface area contributed by atoms with Gasteiger partial charge in [-0.2, -0.15) is 0 Å². The Morgan fingerprint density at radius 2 is 1.95 bits per heavy atom. The number of benzene rings is 2. The predicted octanol–water partition coefficient (Wildman–Crippen LogP) is 3.19. The number of hydrogen-bond donors (Lipinski definition) is 1. The van der Waals surface area contributed by atoms with Crippen molar-refractivity contribution in [3.05, 3.63) is 59.9 Å². The molecule has 2 aromatic rings. The smallest absolute Gasteiger partial charge is 0.238 e. The summed E-state index contributed by atoms with van der Waals surface area (Å²) in [5, 5.41) is -0.134. The molecule has 1 unspecified atom stereocenters. The fourth-order valence-electron chi connectivity index (χ4n) is 2.24. The Morgan fingerprint density at radius 1 is 1.20 bits per heavy atom. The van der Waals surface area contributed by atoms with Gasteiger partial charge in [0, 0.05) is 11.4 Å². The number of rotatable bonds is 2. The van der Waals surface area contributed by atoms with Crippen molar-refractivity contribution in [2.24, 2.45) is 0 Å². The summed E-state index contributed by atoms with van der Waals surface area (Å²) in [5.74, 6) is 0.0386. The molecule has 102 valence electrons. The summed E-state index contributed by atoms with van der Waals surface area (Å²) in [7, 11) is 0. The molecule has 0 aromatic heterocycles. The van der Waals surface area contributed by atoms with Crippen LogP contribution in [0.1, 0.15) is 10.9 Å². The average molecular weight is 288 g/mol. The largest absolute Gasteiger partial charge is 0.399 e. The third-order valence-corrected chi connectivity index (χ3v) is 4.39. The molecule has 2 N–H and O–H groups in total. The van der Waals surface area contributed by atoms with Gasteiger partial charge in [-0.3, -0.25) is 9.69 Å². The fraction of sp³-hybridized carbons (Fsp3) is 0.133. The van der Waals surface area contributed by atoms with Gasteiger partial charge in [-0.05, 0) is 35.9 Å². The van der Waals surface area contributed by atoms with E-state index in [0.29, 0.717) is 17.1 Å². The van der Waals surface area contributed by atoms with E-state index >= 15 is 0 Å². The van der Waals surface area contributed by atoms with Gasteiger partial charge in [-0.25, -0.2) is 4.39 Å². The number of hydrogen-bond acceptors (Lipinski definition) is 3. The highest BCUT2D eigenvalue weighted by Crippen LogP contribution is 2.41. The number of amides is 1. The molecule has 1 aliphatic heterocycles. The molecule has 0 saturated carbocycles. The van der Waals surface area contributed by atoms with Crippen molar-refractivity contribution in [1.29, 1.82) is 0 Å². The second-order valence-corrected chi connectivity index (χ2v) is 5.64. The standard InChI is InChI=1S/C15H13FN2OS/c16-11-2-1-3-13(8-11)18-14(19)9-20-15(18)10-4-6-12(17)7-5-10/h1-8,15H,9,17H2. The number of carbonyl (C=O) groups is 1. The molecule has 0 spiro atoms. The molecular weight excluding hydrogens is 275 g/mol. The van der Waals surface area contributed by atoms with Gasteiger partial charge in [0.25, 0.3) is 0 Å². The first-order valence-electron chi connectivity index (χ1n) is 6.20. The predicted molar refractivity (Wildman–Crippen MR) is 79.9 cm³/mol. The van der Waals surface area contributed by atoms with E-state index in [9.17, 15) is 9.18 Å². The summed E-state index contributed by atoms with van der Waals surface area (Å²) in [6.45, 7) is 0. The highest BCUT2D eigenvalue weighted by atomic mass is 32.2. The minimum atomic E-state index is -0.344. The van der Waals surface area contributed by atoms with Crippen LogP contribution in [0.5, 0.6) is 0 Å². The molecule has 3 nitrogen and oxygen atoms in total. The maximum Gasteiger partial charge on any atom is 0.238 e. The first kappa shape index (κ1) is 13.0. The lowest BCUT2D eigenvalue weighted by molar-refractivity contribution is -0.115. The van der Waals surface area contributed by atoms with Crippen molar-refractivity contribution in [3.8, 4) is 0 Å². The molecule has 1 heterocycles. The molecule has 20 heavy (non-hydrogen) atoms. The quantitative estimate of drug-likeness (QED) is 0.863. The molecule has 0 aliphatic carbocycles. The molecule has 0 bridgehead atoms. The minimum Gasteiger partial charge on any atom is -0.399 e. The lowest BCUT2D eigenvalue weighted by atomic mass is 10.1. The van der Waals surface area contributed by atoms with Crippen LogP contribution in [0.15, 0.2) is 48.5 Å². The van der Waals surface area contributed by atoms with Crippen molar-refractivity contribution in [2.75, 3.05) is 16.4 Å². The van der Waals surface area contributed by atoms with Gasteiger partial charge in [-0.1, -0.05) is 18.2 Å². The second-order valence-electron chi connectivity index (χ2n) is 4.57. The number of anilines is 2. The number of nitrogens with zero attached hydrogens (tertiary/aromatic N) is 1. The summed E-state index contributed by atoms with van der Waals surface area (Å²) >= 11 is 1.53. The van der Waals surface area contributed by atoms with E-state index in [1.165, 1.54) is 23.9 Å². The van der Waals surface area contributed by atoms with Gasteiger partial charge in [0.15, 0.2) is 0 Å². The van der Waals surface area contributed by atoms with Crippen molar-refractivity contribution in [2.45, 2.75) is 5.37 Å². The summed E-state index contributed by atoms with van der Waals surface area (Å²) < 4.78 is 13.4. The summed E-state index contributed by atoms with van der Waals surface area (Å²) in [4.78, 5) is 13.7. The van der Waals surface area contributed by atoms with E-state index in [1.54, 1.807) is 17.0 Å². The van der Waals surface area contributed by atoms with Gasteiger partial charge in [0.1, 0.15) is 11.2 Å². The highest BCUT2D eigenvalue weighted by Gasteiger charge is 2.34. The van der Waals surface area contributed by atoms with Crippen LogP contribution in [-0.4, -0.2) is 11.7 Å². The molecule has 0 radical (unpaired) electrons. The van der Waals surface area contributed by atoms with Crippen LogP contribution >= 0.6 is 11.8 Å². The lowest BCUT2D eigenvalue weighted by Crippen LogP contribution is -2.27. The van der Waals surface area contributed by atoms with E-state index in [-0.39, 0.29) is 17.1 Å². The van der Waals surface area contributed by atoms with Crippen LogP contribution in [0, 0.1) is 5.82 Å². The van der Waals surface area contributed by atoms with E-state index in [4.69, 9.17) is 5.73 Å². The number of halogens is 1. The van der Waals surface area contributed by atoms with Gasteiger partial charge in [0.2, 0.25) is 5.91 Å². The molecule has 1 amide bonds. The van der Waals surface area contributed by atoms with Crippen LogP contribution in [0.2, 0.25) is 0 Å². The van der Waals surface area contributed by atoms with Crippen LogP contribution in [-0.2, 0) is 4.79 Å². The van der Waals surface area contributed by atoms with E-state index < -0.39 is 0 Å². The SMILES string of the molecule is Nc1ccc(C2SCC(=O)N2c2cccc(F)c2)cc1. The Bertz CT molecular complexity index is 645. The van der Waals surface area contributed by atoms with E-state index in [2.05, 4.69) is 0 Å². The normalized spacial score (nSPS) is 18.6. The molecule has 1 saturated heterocycles. The Morgan fingerprint density at radius 3 is 2.65 bits per heavy atom. The van der Waals surface area contributed by atoms with E-state index in [0.717, 1.165) is 5.56 Å². The molecule has 3 rings (SSSR count). The summed E-state index contributed by atoms with van der Waals surface area (Å²) in [5.41, 5.74) is 7.93. The van der Waals surface area contributed by atoms with Crippen molar-refractivity contribution >= 4 is 29.0 Å². The maximum absolute atomic E-state index is 13.4. The Balaban J connectivity index is 1.98. The molecule has 1 atom stereocenters. The first-order valence-corrected chi connectivity index (χ1v) is 7.25. The zero-order valence-electron chi connectivity index (χ0n) is 10.6. The van der Waals surface area contributed by atoms with Crippen molar-refractivity contribution < 1.29 is 9.18 Å². The monoisotopic (exact) mass is 288 g/mol. The van der Waals surface area contributed by atoms with Crippen LogP contribution < -0.4 is 10.6 Å². The van der Waals surface area contributed by atoms with Gasteiger partial charge >= 0.3 is 0 Å². The zero-order valence-corrected chi connectivity index (χ0v) is 11.4. The third-order valence-electron chi connectivity index (χ3n) is 3.18. The zero-order chi connectivity index (χ0) is 14.1. The van der Waals surface area contributed by atoms with Gasteiger partial charge in [-0.15, -0.1) is 11.8 Å². The highest BCUT2D eigenvalue weighted by molar-refractivity contribution is 8.00. The van der Waals surface area contributed by atoms with Crippen molar-refractivity contribution in [1.82, 2.24) is 0 Å². The molecule has 5 heteroatoms. The van der Waals surface area contributed by atoms with Crippen LogP contribution in [0.4, 0.5) is 15.8 Å². The number of nitrogens with two attached hydrogens (primary N) is 1. The van der Waals surface area contributed by atoms with E-state index in [1.807, 2.05) is 24.3 Å². The Hall–Kier alpha value is -2.01. The molecule has 1 fully saturated rings.